The predicted octanol–water partition coefficient (Wildman–Crippen LogP) is -8.18. The Morgan fingerprint density at radius 2 is 1.44 bits per heavy atom. The second-order valence-corrected chi connectivity index (χ2v) is 9.87. The van der Waals surface area contributed by atoms with Gasteiger partial charge < -0.3 is 93.2 Å². The maximum absolute atomic E-state index is 11.2. The van der Waals surface area contributed by atoms with Crippen LogP contribution in [0.3, 0.4) is 0 Å². The van der Waals surface area contributed by atoms with Crippen molar-refractivity contribution in [1.29, 1.82) is 5.41 Å². The zero-order chi connectivity index (χ0) is 30.1. The maximum Gasteiger partial charge on any atom is 0.188 e. The number of nitrogens with two attached hydrogens (primary N) is 4. The van der Waals surface area contributed by atoms with E-state index in [4.69, 9.17) is 47.3 Å². The molecular formula is C20H42Cl3N7O13. The molecule has 0 aromatic heterocycles. The van der Waals surface area contributed by atoms with Gasteiger partial charge in [-0.25, -0.2) is 4.99 Å². The topological polar surface area (TPSA) is 371 Å². The number of ether oxygens (including phenoxy) is 4. The van der Waals surface area contributed by atoms with Gasteiger partial charge in [0, 0.05) is 0 Å². The lowest BCUT2D eigenvalue weighted by atomic mass is 9.81. The van der Waals surface area contributed by atoms with E-state index >= 15 is 0 Å². The van der Waals surface area contributed by atoms with Crippen molar-refractivity contribution in [3.63, 3.8) is 0 Å². The third-order valence-electron chi connectivity index (χ3n) is 7.24. The summed E-state index contributed by atoms with van der Waals surface area (Å²) in [7, 11) is 0. The molecule has 0 amide bonds. The first-order valence-corrected chi connectivity index (χ1v) is 12.2. The smallest absolute Gasteiger partial charge is 0.188 e. The fraction of sp³-hybridized carbons (Fsp3) is 0.900. The van der Waals surface area contributed by atoms with Gasteiger partial charge in [0.2, 0.25) is 0 Å². The second kappa shape index (κ2) is 17.0. The molecule has 0 spiro atoms. The maximum atomic E-state index is 11.2. The van der Waals surface area contributed by atoms with E-state index in [1.165, 1.54) is 0 Å². The molecule has 20 nitrogen and oxygen atoms in total. The Morgan fingerprint density at radius 1 is 0.837 bits per heavy atom. The molecule has 43 heavy (non-hydrogen) atoms. The molecule has 15 unspecified atom stereocenters. The third kappa shape index (κ3) is 8.37. The highest BCUT2D eigenvalue weighted by Gasteiger charge is 2.61. The van der Waals surface area contributed by atoms with Crippen molar-refractivity contribution in [2.75, 3.05) is 19.8 Å². The molecule has 2 aliphatic heterocycles. The molecule has 3 fully saturated rings. The van der Waals surface area contributed by atoms with Gasteiger partial charge in [0.05, 0.1) is 31.9 Å². The van der Waals surface area contributed by atoms with Gasteiger partial charge in [0.25, 0.3) is 0 Å². The van der Waals surface area contributed by atoms with E-state index in [2.05, 4.69) is 10.3 Å². The van der Waals surface area contributed by atoms with Gasteiger partial charge in [-0.1, -0.05) is 0 Å². The molecule has 0 aromatic rings. The number of aliphatic hydroxyl groups excluding tert-OH is 8. The highest BCUT2D eigenvalue weighted by Crippen LogP contribution is 2.38. The first-order chi connectivity index (χ1) is 18.7. The molecule has 15 atom stereocenters. The summed E-state index contributed by atoms with van der Waals surface area (Å²) >= 11 is 0. The molecule has 256 valence electrons. The van der Waals surface area contributed by atoms with E-state index in [0.29, 0.717) is 0 Å². The molecule has 1 aliphatic carbocycles. The molecule has 0 radical (unpaired) electrons. The van der Waals surface area contributed by atoms with E-state index in [9.17, 15) is 46.0 Å². The van der Waals surface area contributed by atoms with Crippen molar-refractivity contribution in [3.8, 4) is 0 Å². The minimum Gasteiger partial charge on any atom is -0.394 e. The monoisotopic (exact) mass is 693 g/mol. The normalized spacial score (nSPS) is 44.2. The summed E-state index contributed by atoms with van der Waals surface area (Å²) in [5, 5.41) is 103. The molecule has 1 saturated carbocycles. The average Bonchev–Trinajstić information content (AvgIpc) is 3.17. The van der Waals surface area contributed by atoms with E-state index in [0.717, 1.165) is 0 Å². The van der Waals surface area contributed by atoms with Crippen molar-refractivity contribution < 1.29 is 64.9 Å². The van der Waals surface area contributed by atoms with Crippen molar-refractivity contribution in [2.45, 2.75) is 91.2 Å². The number of nitrogens with one attached hydrogen (secondary N) is 2. The Hall–Kier alpha value is -1.15. The summed E-state index contributed by atoms with van der Waals surface area (Å²) in [5.41, 5.74) is 19.8. The molecule has 0 bridgehead atoms. The standard InChI is InChI=1S/C20H39N7O13.3ClH/c21-6-10(32)9(31)4(1-28)37-16(6)40-15-17(38-5(2-29)20(15,36)3-30)39-14-8(27-19(24)25)11(33)7(26-18(22)23)12(34)13(14)35;;;/h4-17,28-36H,1-3,21H2,(H4,22,23,26)(H4,24,25,27);3*1H. The lowest BCUT2D eigenvalue weighted by Crippen LogP contribution is -2.70. The van der Waals surface area contributed by atoms with Crippen LogP contribution >= 0.6 is 37.2 Å². The highest BCUT2D eigenvalue weighted by molar-refractivity contribution is 5.86. The molecule has 3 aliphatic rings. The molecule has 2 saturated heterocycles. The Morgan fingerprint density at radius 3 is 1.93 bits per heavy atom. The number of halogens is 3. The zero-order valence-electron chi connectivity index (χ0n) is 22.3. The van der Waals surface area contributed by atoms with Crippen LogP contribution in [0, 0.1) is 5.41 Å². The van der Waals surface area contributed by atoms with Crippen LogP contribution in [0.2, 0.25) is 0 Å². The van der Waals surface area contributed by atoms with Gasteiger partial charge in [0.1, 0.15) is 66.6 Å². The fourth-order valence-electron chi connectivity index (χ4n) is 5.02. The quantitative estimate of drug-likeness (QED) is 0.0786. The predicted molar refractivity (Wildman–Crippen MR) is 151 cm³/mol. The number of aliphatic imine (C=N–C) groups is 1. The van der Waals surface area contributed by atoms with Gasteiger partial charge in [0.15, 0.2) is 24.5 Å². The number of hydrogen-bond acceptors (Lipinski definition) is 16. The molecule has 3 rings (SSSR count). The average molecular weight is 695 g/mol. The Bertz CT molecular complexity index is 916. The fourth-order valence-corrected chi connectivity index (χ4v) is 5.02. The van der Waals surface area contributed by atoms with Gasteiger partial charge in [-0.05, 0) is 0 Å². The van der Waals surface area contributed by atoms with Crippen LogP contribution in [0.25, 0.3) is 0 Å². The molecule has 23 heteroatoms. The van der Waals surface area contributed by atoms with E-state index < -0.39 is 123 Å². The Kier molecular flexibility index (Phi) is 16.5. The van der Waals surface area contributed by atoms with Crippen LogP contribution in [0.5, 0.6) is 0 Å². The van der Waals surface area contributed by atoms with Gasteiger partial charge in [-0.2, -0.15) is 0 Å². The summed E-state index contributed by atoms with van der Waals surface area (Å²) < 4.78 is 22.5. The summed E-state index contributed by atoms with van der Waals surface area (Å²) in [6, 6.07) is -4.43. The number of rotatable bonds is 9. The van der Waals surface area contributed by atoms with Crippen LogP contribution in [0.1, 0.15) is 0 Å². The number of aliphatic hydroxyl groups is 9. The highest BCUT2D eigenvalue weighted by atomic mass is 35.5. The van der Waals surface area contributed by atoms with Crippen LogP contribution in [-0.2, 0) is 18.9 Å². The van der Waals surface area contributed by atoms with Crippen molar-refractivity contribution in [2.24, 2.45) is 27.9 Å². The summed E-state index contributed by atoms with van der Waals surface area (Å²) in [6.45, 7) is -2.72. The van der Waals surface area contributed by atoms with E-state index in [1.807, 2.05) is 0 Å². The molecule has 19 N–H and O–H groups in total. The van der Waals surface area contributed by atoms with Crippen LogP contribution in [-0.4, -0.2) is 169 Å². The van der Waals surface area contributed by atoms with Gasteiger partial charge >= 0.3 is 0 Å². The van der Waals surface area contributed by atoms with Gasteiger partial charge in [-0.3, -0.25) is 5.41 Å². The van der Waals surface area contributed by atoms with Crippen molar-refractivity contribution in [1.82, 2.24) is 5.32 Å². The van der Waals surface area contributed by atoms with Crippen LogP contribution < -0.4 is 28.3 Å². The second-order valence-electron chi connectivity index (χ2n) is 9.87. The zero-order valence-corrected chi connectivity index (χ0v) is 24.8. The molecule has 0 aromatic carbocycles. The van der Waals surface area contributed by atoms with Crippen molar-refractivity contribution in [3.05, 3.63) is 0 Å². The van der Waals surface area contributed by atoms with E-state index in [-0.39, 0.29) is 37.2 Å². The summed E-state index contributed by atoms with van der Waals surface area (Å²) in [5.74, 6) is -1.21. The van der Waals surface area contributed by atoms with Crippen molar-refractivity contribution >= 4 is 49.1 Å². The third-order valence-corrected chi connectivity index (χ3v) is 7.24. The minimum atomic E-state index is -2.42. The van der Waals surface area contributed by atoms with Gasteiger partial charge in [-0.15, -0.1) is 37.2 Å². The SMILES string of the molecule is Cl.Cl.Cl.N=C(N)NC1C(O)C(O)C(OC2OC(CO)C(O)(CO)C2OC2OC(CO)C(O)C(O)C2N)C(N=C(N)N)C1O. The lowest BCUT2D eigenvalue weighted by molar-refractivity contribution is -0.315. The largest absolute Gasteiger partial charge is 0.394 e. The lowest BCUT2D eigenvalue weighted by Gasteiger charge is -2.46. The molecule has 2 heterocycles. The number of hydrogen-bond donors (Lipinski definition) is 15. The minimum absolute atomic E-state index is 0. The Labute approximate surface area is 263 Å². The van der Waals surface area contributed by atoms with Crippen LogP contribution in [0.4, 0.5) is 0 Å². The first kappa shape index (κ1) is 41.9. The summed E-state index contributed by atoms with van der Waals surface area (Å²) in [4.78, 5) is 3.85. The van der Waals surface area contributed by atoms with Crippen LogP contribution in [0.15, 0.2) is 4.99 Å². The van der Waals surface area contributed by atoms with E-state index in [1.54, 1.807) is 0 Å². The number of nitrogens with zero attached hydrogens (tertiary/aromatic N) is 1. The summed E-state index contributed by atoms with van der Waals surface area (Å²) in [6.07, 6.45) is -18.6. The number of guanidine groups is 2. The molecular weight excluding hydrogens is 653 g/mol. The Balaban J connectivity index is 0.00000588. The first-order valence-electron chi connectivity index (χ1n) is 12.2.